The van der Waals surface area contributed by atoms with Crippen LogP contribution < -0.4 is 4.90 Å². The first kappa shape index (κ1) is 19.9. The predicted octanol–water partition coefficient (Wildman–Crippen LogP) is 5.62. The van der Waals surface area contributed by atoms with Crippen molar-refractivity contribution in [2.24, 2.45) is 0 Å². The van der Waals surface area contributed by atoms with E-state index in [1.54, 1.807) is 11.3 Å². The number of carbonyl (C=O) groups is 1. The molecule has 150 valence electrons. The van der Waals surface area contributed by atoms with E-state index < -0.39 is 0 Å². The standard InChI is InChI=1S/C25H28N2OS/c1-2-20-8-10-23(11-9-20)27(25(28)22-6-4-3-5-7-22)24-12-15-26(16-13-24)18-21-14-17-29-19-21/h3-11,14,17,19,24H,2,12-13,15-16,18H2,1H3. The number of anilines is 1. The van der Waals surface area contributed by atoms with E-state index in [1.807, 2.05) is 35.2 Å². The minimum absolute atomic E-state index is 0.103. The monoisotopic (exact) mass is 404 g/mol. The summed E-state index contributed by atoms with van der Waals surface area (Å²) in [7, 11) is 0. The van der Waals surface area contributed by atoms with Gasteiger partial charge in [0.15, 0.2) is 0 Å². The first-order chi connectivity index (χ1) is 14.2. The van der Waals surface area contributed by atoms with Gasteiger partial charge in [0, 0.05) is 36.9 Å². The highest BCUT2D eigenvalue weighted by Crippen LogP contribution is 2.27. The van der Waals surface area contributed by atoms with Gasteiger partial charge in [-0.2, -0.15) is 11.3 Å². The number of hydrogen-bond donors (Lipinski definition) is 0. The second-order valence-electron chi connectivity index (χ2n) is 7.70. The molecule has 1 saturated heterocycles. The zero-order valence-corrected chi connectivity index (χ0v) is 17.8. The lowest BCUT2D eigenvalue weighted by Gasteiger charge is -2.38. The normalized spacial score (nSPS) is 15.3. The van der Waals surface area contributed by atoms with Crippen LogP contribution in [0.1, 0.15) is 41.3 Å². The third-order valence-electron chi connectivity index (χ3n) is 5.77. The molecule has 1 aliphatic heterocycles. The molecule has 0 radical (unpaired) electrons. The van der Waals surface area contributed by atoms with Crippen LogP contribution in [-0.2, 0) is 13.0 Å². The van der Waals surface area contributed by atoms with Gasteiger partial charge >= 0.3 is 0 Å². The van der Waals surface area contributed by atoms with Gasteiger partial charge in [0.1, 0.15) is 0 Å². The molecule has 0 unspecified atom stereocenters. The fourth-order valence-corrected chi connectivity index (χ4v) is 4.74. The third-order valence-corrected chi connectivity index (χ3v) is 6.50. The summed E-state index contributed by atoms with van der Waals surface area (Å²) in [5.41, 5.74) is 4.45. The van der Waals surface area contributed by atoms with Crippen LogP contribution in [0.15, 0.2) is 71.4 Å². The molecule has 2 heterocycles. The lowest BCUT2D eigenvalue weighted by molar-refractivity contribution is 0.0958. The molecule has 1 amide bonds. The van der Waals surface area contributed by atoms with E-state index in [1.165, 1.54) is 11.1 Å². The molecule has 1 aromatic heterocycles. The number of nitrogens with zero attached hydrogens (tertiary/aromatic N) is 2. The summed E-state index contributed by atoms with van der Waals surface area (Å²) in [6.45, 7) is 5.21. The van der Waals surface area contributed by atoms with Crippen molar-refractivity contribution in [1.82, 2.24) is 4.90 Å². The molecular formula is C25H28N2OS. The number of rotatable bonds is 6. The van der Waals surface area contributed by atoms with E-state index in [4.69, 9.17) is 0 Å². The van der Waals surface area contributed by atoms with Crippen molar-refractivity contribution in [3.63, 3.8) is 0 Å². The van der Waals surface area contributed by atoms with Crippen LogP contribution in [-0.4, -0.2) is 29.9 Å². The van der Waals surface area contributed by atoms with Crippen molar-refractivity contribution in [2.45, 2.75) is 38.8 Å². The van der Waals surface area contributed by atoms with Gasteiger partial charge in [0.2, 0.25) is 0 Å². The summed E-state index contributed by atoms with van der Waals surface area (Å²) < 4.78 is 0. The fraction of sp³-hybridized carbons (Fsp3) is 0.320. The number of aryl methyl sites for hydroxylation is 1. The van der Waals surface area contributed by atoms with Crippen molar-refractivity contribution >= 4 is 22.9 Å². The van der Waals surface area contributed by atoms with Gasteiger partial charge in [-0.05, 0) is 71.5 Å². The zero-order valence-electron chi connectivity index (χ0n) is 17.0. The number of likely N-dealkylation sites (tertiary alicyclic amines) is 1. The van der Waals surface area contributed by atoms with Gasteiger partial charge in [-0.3, -0.25) is 9.69 Å². The second kappa shape index (κ2) is 9.38. The Labute approximate surface area is 177 Å². The molecule has 2 aromatic carbocycles. The second-order valence-corrected chi connectivity index (χ2v) is 8.48. The average Bonchev–Trinajstić information content (AvgIpc) is 3.29. The SMILES string of the molecule is CCc1ccc(N(C(=O)c2ccccc2)C2CCN(Cc3ccsc3)CC2)cc1. The molecule has 0 atom stereocenters. The van der Waals surface area contributed by atoms with Crippen LogP contribution >= 0.6 is 11.3 Å². The molecule has 29 heavy (non-hydrogen) atoms. The molecular weight excluding hydrogens is 376 g/mol. The van der Waals surface area contributed by atoms with Gasteiger partial charge in [0.05, 0.1) is 0 Å². The Kier molecular flexibility index (Phi) is 6.43. The van der Waals surface area contributed by atoms with Gasteiger partial charge in [-0.15, -0.1) is 0 Å². The molecule has 1 aliphatic rings. The minimum atomic E-state index is 0.103. The number of piperidine rings is 1. The molecule has 4 heteroatoms. The Morgan fingerprint density at radius 3 is 2.34 bits per heavy atom. The van der Waals surface area contributed by atoms with Crippen molar-refractivity contribution in [2.75, 3.05) is 18.0 Å². The minimum Gasteiger partial charge on any atom is -0.305 e. The summed E-state index contributed by atoms with van der Waals surface area (Å²) >= 11 is 1.76. The highest BCUT2D eigenvalue weighted by molar-refractivity contribution is 7.07. The van der Waals surface area contributed by atoms with E-state index in [9.17, 15) is 4.79 Å². The summed E-state index contributed by atoms with van der Waals surface area (Å²) in [4.78, 5) is 18.0. The number of carbonyl (C=O) groups excluding carboxylic acids is 1. The van der Waals surface area contributed by atoms with E-state index >= 15 is 0 Å². The third kappa shape index (κ3) is 4.77. The molecule has 0 spiro atoms. The number of thiophene rings is 1. The molecule has 3 aromatic rings. The van der Waals surface area contributed by atoms with Gasteiger partial charge in [0.25, 0.3) is 5.91 Å². The average molecular weight is 405 g/mol. The molecule has 0 aliphatic carbocycles. The molecule has 3 nitrogen and oxygen atoms in total. The van der Waals surface area contributed by atoms with Crippen LogP contribution in [0.5, 0.6) is 0 Å². The van der Waals surface area contributed by atoms with Crippen LogP contribution in [0.25, 0.3) is 0 Å². The quantitative estimate of drug-likeness (QED) is 0.532. The van der Waals surface area contributed by atoms with Crippen molar-refractivity contribution < 1.29 is 4.79 Å². The van der Waals surface area contributed by atoms with Crippen molar-refractivity contribution in [1.29, 1.82) is 0 Å². The Morgan fingerprint density at radius 1 is 1.00 bits per heavy atom. The van der Waals surface area contributed by atoms with E-state index in [2.05, 4.69) is 52.9 Å². The van der Waals surface area contributed by atoms with Gasteiger partial charge in [-0.1, -0.05) is 37.3 Å². The van der Waals surface area contributed by atoms with Crippen LogP contribution in [0.2, 0.25) is 0 Å². The van der Waals surface area contributed by atoms with Crippen molar-refractivity contribution in [3.8, 4) is 0 Å². The lowest BCUT2D eigenvalue weighted by atomic mass is 10.00. The maximum Gasteiger partial charge on any atom is 0.258 e. The summed E-state index contributed by atoms with van der Waals surface area (Å²) in [6.07, 6.45) is 3.00. The number of hydrogen-bond acceptors (Lipinski definition) is 3. The van der Waals surface area contributed by atoms with Crippen LogP contribution in [0, 0.1) is 0 Å². The topological polar surface area (TPSA) is 23.6 Å². The van der Waals surface area contributed by atoms with E-state index in [-0.39, 0.29) is 11.9 Å². The Bertz CT molecular complexity index is 898. The maximum atomic E-state index is 13.5. The largest absolute Gasteiger partial charge is 0.305 e. The van der Waals surface area contributed by atoms with E-state index in [0.717, 1.165) is 50.1 Å². The molecule has 4 rings (SSSR count). The van der Waals surface area contributed by atoms with Gasteiger partial charge in [-0.25, -0.2) is 0 Å². The van der Waals surface area contributed by atoms with Gasteiger partial charge < -0.3 is 4.90 Å². The predicted molar refractivity (Wildman–Crippen MR) is 122 cm³/mol. The fourth-order valence-electron chi connectivity index (χ4n) is 4.08. The lowest BCUT2D eigenvalue weighted by Crippen LogP contribution is -2.47. The number of amides is 1. The van der Waals surface area contributed by atoms with Crippen LogP contribution in [0.4, 0.5) is 5.69 Å². The Hall–Kier alpha value is -2.43. The van der Waals surface area contributed by atoms with Crippen molar-refractivity contribution in [3.05, 3.63) is 88.1 Å². The summed E-state index contributed by atoms with van der Waals surface area (Å²) in [6, 6.07) is 20.6. The maximum absolute atomic E-state index is 13.5. The number of benzene rings is 2. The zero-order chi connectivity index (χ0) is 20.1. The Balaban J connectivity index is 1.53. The van der Waals surface area contributed by atoms with Crippen LogP contribution in [0.3, 0.4) is 0 Å². The highest BCUT2D eigenvalue weighted by atomic mass is 32.1. The first-order valence-electron chi connectivity index (χ1n) is 10.5. The van der Waals surface area contributed by atoms with E-state index in [0.29, 0.717) is 0 Å². The molecule has 0 saturated carbocycles. The summed E-state index contributed by atoms with van der Waals surface area (Å²) in [5.74, 6) is 0.103. The Morgan fingerprint density at radius 2 is 1.72 bits per heavy atom. The molecule has 0 bridgehead atoms. The summed E-state index contributed by atoms with van der Waals surface area (Å²) in [5, 5.41) is 4.37. The smallest absolute Gasteiger partial charge is 0.258 e. The highest BCUT2D eigenvalue weighted by Gasteiger charge is 2.29. The first-order valence-corrected chi connectivity index (χ1v) is 11.4. The molecule has 1 fully saturated rings. The molecule has 0 N–H and O–H groups in total.